The Hall–Kier alpha value is -4.98. The molecule has 0 saturated heterocycles. The van der Waals surface area contributed by atoms with Crippen molar-refractivity contribution in [3.63, 3.8) is 0 Å². The summed E-state index contributed by atoms with van der Waals surface area (Å²) in [6.45, 7) is 5.35. The minimum atomic E-state index is -3.97. The number of fused-ring (bicyclic) bond motifs is 4. The van der Waals surface area contributed by atoms with Gasteiger partial charge in [-0.25, -0.2) is 16.8 Å². The normalized spacial score (nSPS) is 19.5. The zero-order chi connectivity index (χ0) is 44.0. The molecule has 2 atom stereocenters. The maximum atomic E-state index is 14.2. The first-order valence-corrected chi connectivity index (χ1v) is 23.3. The van der Waals surface area contributed by atoms with E-state index < -0.39 is 32.1 Å². The Morgan fingerprint density at radius 2 is 0.806 bits per heavy atom. The highest BCUT2D eigenvalue weighted by molar-refractivity contribution is 7.89. The topological polar surface area (TPSA) is 167 Å². The summed E-state index contributed by atoms with van der Waals surface area (Å²) in [7, 11) is -1.71. The number of rotatable bonds is 8. The molecule has 3 aliphatic rings. The van der Waals surface area contributed by atoms with Gasteiger partial charge in [0.1, 0.15) is 26.4 Å². The lowest BCUT2D eigenvalue weighted by Gasteiger charge is -2.34. The number of benzene rings is 4. The number of nitrogens with zero attached hydrogens (tertiary/aromatic N) is 2. The Bertz CT molecular complexity index is 2280. The van der Waals surface area contributed by atoms with E-state index in [2.05, 4.69) is 0 Å². The molecule has 336 valence electrons. The molecule has 4 aromatic carbocycles. The van der Waals surface area contributed by atoms with Gasteiger partial charge in [0, 0.05) is 37.3 Å². The van der Waals surface area contributed by atoms with Gasteiger partial charge >= 0.3 is 0 Å². The van der Waals surface area contributed by atoms with Crippen molar-refractivity contribution < 1.29 is 64.2 Å². The molecule has 0 spiro atoms. The third-order valence-corrected chi connectivity index (χ3v) is 15.2. The summed E-state index contributed by atoms with van der Waals surface area (Å²) in [5, 5.41) is 0. The molecule has 0 aromatic heterocycles. The van der Waals surface area contributed by atoms with Gasteiger partial charge < -0.3 is 47.4 Å². The maximum Gasteiger partial charge on any atom is 0.243 e. The molecule has 0 unspecified atom stereocenters. The van der Waals surface area contributed by atoms with Gasteiger partial charge in [0.05, 0.1) is 64.7 Å². The molecule has 4 aromatic rings. The van der Waals surface area contributed by atoms with E-state index in [9.17, 15) is 16.8 Å². The van der Waals surface area contributed by atoms with Gasteiger partial charge in [-0.1, -0.05) is 0 Å². The van der Waals surface area contributed by atoms with Crippen LogP contribution in [-0.2, 0) is 42.4 Å². The molecule has 0 N–H and O–H groups in total. The molecule has 18 heteroatoms. The van der Waals surface area contributed by atoms with Crippen LogP contribution < -0.4 is 37.9 Å². The van der Waals surface area contributed by atoms with Crippen molar-refractivity contribution in [2.45, 2.75) is 48.6 Å². The molecule has 0 fully saturated rings. The van der Waals surface area contributed by atoms with Crippen LogP contribution in [0.15, 0.2) is 70.5 Å². The molecule has 16 nitrogen and oxygen atoms in total. The summed E-state index contributed by atoms with van der Waals surface area (Å²) in [5.41, 5.74) is 3.69. The maximum absolute atomic E-state index is 14.2. The van der Waals surface area contributed by atoms with E-state index in [-0.39, 0.29) is 87.2 Å². The second kappa shape index (κ2) is 19.6. The van der Waals surface area contributed by atoms with Crippen molar-refractivity contribution in [3.05, 3.63) is 82.9 Å². The largest absolute Gasteiger partial charge is 0.493 e. The number of sulfonamides is 2. The quantitative estimate of drug-likeness (QED) is 0.215. The van der Waals surface area contributed by atoms with Gasteiger partial charge in [-0.15, -0.1) is 0 Å². The standard InChI is InChI=1S/C44H54N2O14S2/c1-29-35-27-41(53-5)39(51-3)23-31(35)11-13-45(29)61(47,48)33-7-9-37-43(25-33)59-21-17-56-18-22-60-44-26-34(8-10-38(44)58-20-16-55-15-19-57-37)62(49,50)46-14-12-32-24-40(52-4)42(54-6)28-36(32)30(46)2/h7-10,23-30H,11-22H2,1-6H3/t29-,30-/m0/s1. The zero-order valence-electron chi connectivity index (χ0n) is 35.8. The van der Waals surface area contributed by atoms with Crippen LogP contribution >= 0.6 is 0 Å². The van der Waals surface area contributed by atoms with Gasteiger partial charge in [-0.2, -0.15) is 8.61 Å². The van der Waals surface area contributed by atoms with E-state index in [4.69, 9.17) is 47.4 Å². The summed E-state index contributed by atoms with van der Waals surface area (Å²) in [5.74, 6) is 3.42. The molecule has 3 heterocycles. The fraction of sp³-hybridized carbons (Fsp3) is 0.455. The number of hydrogen-bond donors (Lipinski definition) is 0. The van der Waals surface area contributed by atoms with Gasteiger partial charge in [0.25, 0.3) is 0 Å². The number of hydrogen-bond acceptors (Lipinski definition) is 14. The van der Waals surface area contributed by atoms with Gasteiger partial charge in [-0.05, 0) is 97.5 Å². The molecule has 0 saturated carbocycles. The summed E-state index contributed by atoms with van der Waals surface area (Å²) in [6, 6.07) is 15.7. The van der Waals surface area contributed by atoms with E-state index in [1.54, 1.807) is 40.6 Å². The van der Waals surface area contributed by atoms with Crippen LogP contribution in [0.3, 0.4) is 0 Å². The van der Waals surface area contributed by atoms with Crippen LogP contribution in [-0.4, -0.2) is 120 Å². The highest BCUT2D eigenvalue weighted by Crippen LogP contribution is 2.43. The molecule has 0 bridgehead atoms. The summed E-state index contributed by atoms with van der Waals surface area (Å²) < 4.78 is 117. The first-order valence-electron chi connectivity index (χ1n) is 20.4. The van der Waals surface area contributed by atoms with Crippen molar-refractivity contribution >= 4 is 20.0 Å². The van der Waals surface area contributed by atoms with Crippen LogP contribution in [0.2, 0.25) is 0 Å². The van der Waals surface area contributed by atoms with Gasteiger partial charge in [-0.3, -0.25) is 0 Å². The summed E-state index contributed by atoms with van der Waals surface area (Å²) >= 11 is 0. The first-order chi connectivity index (χ1) is 29.9. The summed E-state index contributed by atoms with van der Waals surface area (Å²) in [6.07, 6.45) is 1.00. The molecule has 0 amide bonds. The Morgan fingerprint density at radius 1 is 0.468 bits per heavy atom. The molecule has 7 rings (SSSR count). The summed E-state index contributed by atoms with van der Waals surface area (Å²) in [4.78, 5) is 0.113. The smallest absolute Gasteiger partial charge is 0.243 e. The van der Waals surface area contributed by atoms with E-state index in [0.29, 0.717) is 47.3 Å². The van der Waals surface area contributed by atoms with Gasteiger partial charge in [0.15, 0.2) is 46.0 Å². The average Bonchev–Trinajstić information content (AvgIpc) is 3.27. The predicted octanol–water partition coefficient (Wildman–Crippen LogP) is 5.60. The minimum absolute atomic E-state index is 0.0565. The molecule has 62 heavy (non-hydrogen) atoms. The molecule has 0 aliphatic carbocycles. The Morgan fingerprint density at radius 3 is 1.16 bits per heavy atom. The van der Waals surface area contributed by atoms with Crippen molar-refractivity contribution in [1.82, 2.24) is 8.61 Å². The Kier molecular flexibility index (Phi) is 14.2. The van der Waals surface area contributed by atoms with E-state index in [0.717, 1.165) is 22.3 Å². The highest BCUT2D eigenvalue weighted by Gasteiger charge is 2.37. The van der Waals surface area contributed by atoms with E-state index >= 15 is 0 Å². The van der Waals surface area contributed by atoms with Crippen LogP contribution in [0.5, 0.6) is 46.0 Å². The average molecular weight is 899 g/mol. The lowest BCUT2D eigenvalue weighted by Crippen LogP contribution is -2.38. The fourth-order valence-corrected chi connectivity index (χ4v) is 11.2. The molecule has 3 aliphatic heterocycles. The Labute approximate surface area is 363 Å². The van der Waals surface area contributed by atoms with Crippen molar-refractivity contribution in [3.8, 4) is 46.0 Å². The van der Waals surface area contributed by atoms with Crippen molar-refractivity contribution in [2.75, 3.05) is 94.4 Å². The molecule has 0 radical (unpaired) electrons. The van der Waals surface area contributed by atoms with Gasteiger partial charge in [0.2, 0.25) is 20.0 Å². The first kappa shape index (κ1) is 45.1. The van der Waals surface area contributed by atoms with Crippen LogP contribution in [0.1, 0.15) is 48.2 Å². The van der Waals surface area contributed by atoms with E-state index in [1.165, 1.54) is 32.9 Å². The third-order valence-electron chi connectivity index (χ3n) is 11.2. The third kappa shape index (κ3) is 9.35. The van der Waals surface area contributed by atoms with Crippen LogP contribution in [0.4, 0.5) is 0 Å². The lowest BCUT2D eigenvalue weighted by atomic mass is 9.94. The second-order valence-corrected chi connectivity index (χ2v) is 18.5. The van der Waals surface area contributed by atoms with Crippen molar-refractivity contribution in [2.24, 2.45) is 0 Å². The SMILES string of the molecule is COc1cc2c(cc1OC)[C@H](C)N(S(=O)(=O)c1ccc3c(c1)OCCOCCOc1cc(S(=O)(=O)N4CCc5cc(OC)c(OC)cc5[C@@H]4C)ccc1OCCOCCO3)CC2. The van der Waals surface area contributed by atoms with Crippen LogP contribution in [0, 0.1) is 0 Å². The predicted molar refractivity (Wildman–Crippen MR) is 228 cm³/mol. The second-order valence-electron chi connectivity index (χ2n) is 14.7. The number of methoxy groups -OCH3 is 4. The van der Waals surface area contributed by atoms with Crippen molar-refractivity contribution in [1.29, 1.82) is 0 Å². The van der Waals surface area contributed by atoms with E-state index in [1.807, 2.05) is 38.1 Å². The fourth-order valence-electron chi connectivity index (χ4n) is 7.98. The number of ether oxygens (including phenoxy) is 10. The highest BCUT2D eigenvalue weighted by atomic mass is 32.2. The minimum Gasteiger partial charge on any atom is -0.493 e. The molecular formula is C44H54N2O14S2. The molecular weight excluding hydrogens is 845 g/mol. The Balaban J connectivity index is 1.02. The lowest BCUT2D eigenvalue weighted by molar-refractivity contribution is 0.0639. The monoisotopic (exact) mass is 898 g/mol. The zero-order valence-corrected chi connectivity index (χ0v) is 37.5. The van der Waals surface area contributed by atoms with Crippen LogP contribution in [0.25, 0.3) is 0 Å².